The van der Waals surface area contributed by atoms with Crippen molar-refractivity contribution in [3.05, 3.63) is 11.3 Å². The molecule has 2 rings (SSSR count). The van der Waals surface area contributed by atoms with Crippen LogP contribution < -0.4 is 0 Å². The van der Waals surface area contributed by atoms with E-state index >= 15 is 0 Å². The Kier molecular flexibility index (Phi) is 2.98. The van der Waals surface area contributed by atoms with E-state index in [0.29, 0.717) is 25.8 Å². The Morgan fingerprint density at radius 2 is 1.94 bits per heavy atom. The molecule has 0 saturated carbocycles. The number of ether oxygens (including phenoxy) is 1. The van der Waals surface area contributed by atoms with Crippen LogP contribution in [0.15, 0.2) is 11.3 Å². The van der Waals surface area contributed by atoms with Crippen molar-refractivity contribution >= 4 is 11.9 Å². The van der Waals surface area contributed by atoms with Crippen LogP contribution in [0, 0.1) is 0 Å². The van der Waals surface area contributed by atoms with Crippen LogP contribution in [-0.4, -0.2) is 28.9 Å². The number of Topliss-reactive ketones (excluding diaryl/α,β-unsaturated/α-hetero) is 1. The van der Waals surface area contributed by atoms with Crippen molar-refractivity contribution in [1.29, 1.82) is 0 Å². The molecule has 4 nitrogen and oxygen atoms in total. The second kappa shape index (κ2) is 4.17. The summed E-state index contributed by atoms with van der Waals surface area (Å²) < 4.78 is 5.37. The fraction of sp³-hybridized carbons (Fsp3) is 0.692. The van der Waals surface area contributed by atoms with Gasteiger partial charge in [-0.15, -0.1) is 0 Å². The Bertz CT molecular complexity index is 390. The molecule has 0 aromatic rings. The lowest BCUT2D eigenvalue weighted by Gasteiger charge is -2.27. The Hall–Kier alpha value is -1.32. The molecule has 0 N–H and O–H groups in total. The number of amides is 1. The molecule has 0 fully saturated rings. The van der Waals surface area contributed by atoms with Gasteiger partial charge in [-0.2, -0.15) is 0 Å². The molecule has 0 unspecified atom stereocenters. The van der Waals surface area contributed by atoms with E-state index in [2.05, 4.69) is 0 Å². The molecule has 0 aromatic heterocycles. The van der Waals surface area contributed by atoms with Crippen LogP contribution in [0.5, 0.6) is 0 Å². The van der Waals surface area contributed by atoms with Gasteiger partial charge in [0.2, 0.25) is 0 Å². The van der Waals surface area contributed by atoms with Crippen molar-refractivity contribution in [2.75, 3.05) is 6.54 Å². The van der Waals surface area contributed by atoms with Gasteiger partial charge in [0.05, 0.1) is 0 Å². The molecule has 0 atom stereocenters. The van der Waals surface area contributed by atoms with Gasteiger partial charge in [-0.05, 0) is 39.2 Å². The molecule has 17 heavy (non-hydrogen) atoms. The van der Waals surface area contributed by atoms with Crippen LogP contribution in [0.4, 0.5) is 4.79 Å². The molecular weight excluding hydrogens is 218 g/mol. The van der Waals surface area contributed by atoms with Gasteiger partial charge >= 0.3 is 6.09 Å². The Labute approximate surface area is 102 Å². The average Bonchev–Trinajstić information content (AvgIpc) is 2.57. The lowest BCUT2D eigenvalue weighted by Crippen LogP contribution is -2.35. The van der Waals surface area contributed by atoms with E-state index in [9.17, 15) is 9.59 Å². The van der Waals surface area contributed by atoms with Gasteiger partial charge < -0.3 is 4.74 Å². The number of hydrogen-bond acceptors (Lipinski definition) is 3. The van der Waals surface area contributed by atoms with Crippen LogP contribution in [0.3, 0.4) is 0 Å². The van der Waals surface area contributed by atoms with E-state index < -0.39 is 5.60 Å². The average molecular weight is 237 g/mol. The van der Waals surface area contributed by atoms with Crippen LogP contribution >= 0.6 is 0 Å². The zero-order valence-electron chi connectivity index (χ0n) is 10.7. The highest BCUT2D eigenvalue weighted by Gasteiger charge is 2.33. The summed E-state index contributed by atoms with van der Waals surface area (Å²) in [6.07, 6.45) is 2.30. The highest BCUT2D eigenvalue weighted by molar-refractivity contribution is 5.84. The van der Waals surface area contributed by atoms with Crippen LogP contribution in [-0.2, 0) is 9.53 Å². The second-order valence-corrected chi connectivity index (χ2v) is 5.65. The predicted octanol–water partition coefficient (Wildman–Crippen LogP) is 2.63. The summed E-state index contributed by atoms with van der Waals surface area (Å²) in [6.45, 7) is 6.24. The number of allylic oxidation sites excluding steroid dienone is 1. The lowest BCUT2D eigenvalue weighted by atomic mass is 9.95. The van der Waals surface area contributed by atoms with Crippen molar-refractivity contribution < 1.29 is 14.3 Å². The minimum absolute atomic E-state index is 0.281. The first kappa shape index (κ1) is 12.1. The van der Waals surface area contributed by atoms with Gasteiger partial charge in [-0.1, -0.05) is 0 Å². The summed E-state index contributed by atoms with van der Waals surface area (Å²) in [5.41, 5.74) is 1.69. The molecule has 0 bridgehead atoms. The fourth-order valence-corrected chi connectivity index (χ4v) is 2.32. The Morgan fingerprint density at radius 1 is 1.24 bits per heavy atom. The Balaban J connectivity index is 2.09. The molecule has 1 amide bonds. The predicted molar refractivity (Wildman–Crippen MR) is 63.4 cm³/mol. The monoisotopic (exact) mass is 237 g/mol. The van der Waals surface area contributed by atoms with E-state index in [0.717, 1.165) is 17.7 Å². The molecule has 2 aliphatic rings. The smallest absolute Gasteiger partial charge is 0.414 e. The van der Waals surface area contributed by atoms with Gasteiger partial charge in [0, 0.05) is 25.1 Å². The molecule has 0 spiro atoms. The summed E-state index contributed by atoms with van der Waals surface area (Å²) in [7, 11) is 0. The standard InChI is InChI=1S/C13H19NO3/c1-13(2,3)17-12(16)14-7-6-9-8-10(15)4-5-11(9)14/h4-8H2,1-3H3. The maximum absolute atomic E-state index is 12.0. The molecule has 0 saturated heterocycles. The molecule has 0 aromatic carbocycles. The number of nitrogens with zero attached hydrogens (tertiary/aromatic N) is 1. The van der Waals surface area contributed by atoms with Gasteiger partial charge in [0.25, 0.3) is 0 Å². The summed E-state index contributed by atoms with van der Waals surface area (Å²) in [5, 5.41) is 0. The topological polar surface area (TPSA) is 46.6 Å². The van der Waals surface area contributed by atoms with Gasteiger partial charge in [-0.3, -0.25) is 9.69 Å². The number of ketones is 1. The first-order valence-corrected chi connectivity index (χ1v) is 6.10. The minimum atomic E-state index is -0.467. The summed E-state index contributed by atoms with van der Waals surface area (Å²) in [6, 6.07) is 0. The second-order valence-electron chi connectivity index (χ2n) is 5.65. The molecule has 94 valence electrons. The van der Waals surface area contributed by atoms with E-state index in [1.54, 1.807) is 4.90 Å². The van der Waals surface area contributed by atoms with Crippen molar-refractivity contribution in [1.82, 2.24) is 4.90 Å². The molecule has 1 heterocycles. The quantitative estimate of drug-likeness (QED) is 0.650. The maximum Gasteiger partial charge on any atom is 0.414 e. The van der Waals surface area contributed by atoms with E-state index in [1.165, 1.54) is 0 Å². The van der Waals surface area contributed by atoms with Crippen LogP contribution in [0.1, 0.15) is 46.5 Å². The fourth-order valence-electron chi connectivity index (χ4n) is 2.32. The normalized spacial score (nSPS) is 20.6. The summed E-state index contributed by atoms with van der Waals surface area (Å²) >= 11 is 0. The zero-order valence-corrected chi connectivity index (χ0v) is 10.7. The summed E-state index contributed by atoms with van der Waals surface area (Å²) in [5.74, 6) is 0.287. The molecular formula is C13H19NO3. The van der Waals surface area contributed by atoms with E-state index in [-0.39, 0.29) is 11.9 Å². The maximum atomic E-state index is 12.0. The van der Waals surface area contributed by atoms with Gasteiger partial charge in [0.15, 0.2) is 0 Å². The van der Waals surface area contributed by atoms with Crippen molar-refractivity contribution in [2.45, 2.75) is 52.1 Å². The third-order valence-corrected chi connectivity index (χ3v) is 3.04. The van der Waals surface area contributed by atoms with Gasteiger partial charge in [-0.25, -0.2) is 4.79 Å². The SMILES string of the molecule is CC(C)(C)OC(=O)N1CCC2=C1CCC(=O)C2. The lowest BCUT2D eigenvalue weighted by molar-refractivity contribution is -0.118. The number of carbonyl (C=O) groups is 2. The molecule has 1 aliphatic carbocycles. The largest absolute Gasteiger partial charge is 0.443 e. The third-order valence-electron chi connectivity index (χ3n) is 3.04. The number of rotatable bonds is 0. The third kappa shape index (κ3) is 2.68. The minimum Gasteiger partial charge on any atom is -0.443 e. The van der Waals surface area contributed by atoms with Crippen LogP contribution in [0.2, 0.25) is 0 Å². The number of hydrogen-bond donors (Lipinski definition) is 0. The molecule has 1 aliphatic heterocycles. The van der Waals surface area contributed by atoms with Crippen molar-refractivity contribution in [2.24, 2.45) is 0 Å². The molecule has 4 heteroatoms. The van der Waals surface area contributed by atoms with E-state index in [1.807, 2.05) is 20.8 Å². The highest BCUT2D eigenvalue weighted by Crippen LogP contribution is 2.34. The Morgan fingerprint density at radius 3 is 2.59 bits per heavy atom. The highest BCUT2D eigenvalue weighted by atomic mass is 16.6. The molecule has 0 radical (unpaired) electrons. The van der Waals surface area contributed by atoms with Crippen LogP contribution in [0.25, 0.3) is 0 Å². The zero-order chi connectivity index (χ0) is 12.6. The van der Waals surface area contributed by atoms with E-state index in [4.69, 9.17) is 4.74 Å². The van der Waals surface area contributed by atoms with Crippen molar-refractivity contribution in [3.63, 3.8) is 0 Å². The number of carbonyl (C=O) groups excluding carboxylic acids is 2. The first-order chi connectivity index (χ1) is 7.87. The van der Waals surface area contributed by atoms with Gasteiger partial charge in [0.1, 0.15) is 11.4 Å². The van der Waals surface area contributed by atoms with Crippen molar-refractivity contribution in [3.8, 4) is 0 Å². The first-order valence-electron chi connectivity index (χ1n) is 6.10. The summed E-state index contributed by atoms with van der Waals surface area (Å²) in [4.78, 5) is 25.0.